The number of Topliss-reactive ketones (excluding diaryl/α,β-unsaturated/α-hetero) is 1. The number of hydrogen-bond acceptors (Lipinski definition) is 7. The third kappa shape index (κ3) is 5.49. The van der Waals surface area contributed by atoms with E-state index in [0.717, 1.165) is 19.6 Å². The number of hydrogen-bond donors (Lipinski definition) is 1. The molecule has 186 valence electrons. The quantitative estimate of drug-likeness (QED) is 0.335. The molecule has 0 spiro atoms. The van der Waals surface area contributed by atoms with Crippen LogP contribution < -0.4 is 9.47 Å². The highest BCUT2D eigenvalue weighted by atomic mass is 16.5. The summed E-state index contributed by atoms with van der Waals surface area (Å²) in [6.45, 7) is 6.73. The third-order valence-electron chi connectivity index (χ3n) is 6.37. The van der Waals surface area contributed by atoms with Crippen molar-refractivity contribution in [3.63, 3.8) is 0 Å². The van der Waals surface area contributed by atoms with Crippen LogP contribution in [0.25, 0.3) is 5.76 Å². The summed E-state index contributed by atoms with van der Waals surface area (Å²) < 4.78 is 16.3. The lowest BCUT2D eigenvalue weighted by molar-refractivity contribution is -0.140. The van der Waals surface area contributed by atoms with Crippen LogP contribution in [0.4, 0.5) is 0 Å². The van der Waals surface area contributed by atoms with Gasteiger partial charge in [-0.25, -0.2) is 0 Å². The maximum absolute atomic E-state index is 13.2. The van der Waals surface area contributed by atoms with Crippen molar-refractivity contribution in [1.82, 2.24) is 9.80 Å². The summed E-state index contributed by atoms with van der Waals surface area (Å²) in [7, 11) is 1.57. The normalized spacial score (nSPS) is 20.3. The number of ether oxygens (including phenoxy) is 3. The lowest BCUT2D eigenvalue weighted by Gasteiger charge is -2.29. The Kier molecular flexibility index (Phi) is 8.05. The topological polar surface area (TPSA) is 88.5 Å². The first kappa shape index (κ1) is 24.8. The highest BCUT2D eigenvalue weighted by Gasteiger charge is 2.46. The van der Waals surface area contributed by atoms with Crippen LogP contribution in [0.1, 0.15) is 30.5 Å². The molecule has 35 heavy (non-hydrogen) atoms. The Bertz CT molecular complexity index is 1080. The van der Waals surface area contributed by atoms with E-state index in [1.807, 2.05) is 19.1 Å². The zero-order valence-electron chi connectivity index (χ0n) is 20.2. The van der Waals surface area contributed by atoms with Gasteiger partial charge in [-0.05, 0) is 55.3 Å². The fraction of sp³-hybridized carbons (Fsp3) is 0.407. The Morgan fingerprint density at radius 3 is 2.49 bits per heavy atom. The molecule has 2 saturated heterocycles. The summed E-state index contributed by atoms with van der Waals surface area (Å²) in [6, 6.07) is 13.4. The molecule has 4 rings (SSSR count). The average molecular weight is 481 g/mol. The molecule has 2 aliphatic heterocycles. The van der Waals surface area contributed by atoms with Crippen LogP contribution >= 0.6 is 0 Å². The number of benzene rings is 2. The van der Waals surface area contributed by atoms with Crippen LogP contribution in [0.5, 0.6) is 11.5 Å². The van der Waals surface area contributed by atoms with Crippen molar-refractivity contribution in [1.29, 1.82) is 0 Å². The summed E-state index contributed by atoms with van der Waals surface area (Å²) in [6.07, 6.45) is 0.705. The number of carbonyl (C=O) groups excluding carboxylic acids is 2. The Morgan fingerprint density at radius 2 is 1.80 bits per heavy atom. The van der Waals surface area contributed by atoms with Gasteiger partial charge in [0.25, 0.3) is 11.7 Å². The van der Waals surface area contributed by atoms with E-state index in [1.54, 1.807) is 48.4 Å². The van der Waals surface area contributed by atoms with Gasteiger partial charge in [0.1, 0.15) is 17.3 Å². The van der Waals surface area contributed by atoms with Gasteiger partial charge in [0.2, 0.25) is 0 Å². The molecule has 2 aliphatic rings. The first-order chi connectivity index (χ1) is 17.0. The molecule has 0 aromatic heterocycles. The fourth-order valence-corrected chi connectivity index (χ4v) is 4.59. The summed E-state index contributed by atoms with van der Waals surface area (Å²) in [5.41, 5.74) is 1.24. The van der Waals surface area contributed by atoms with Gasteiger partial charge < -0.3 is 24.2 Å². The number of morpholine rings is 1. The molecule has 2 fully saturated rings. The van der Waals surface area contributed by atoms with Crippen molar-refractivity contribution in [2.45, 2.75) is 19.4 Å². The van der Waals surface area contributed by atoms with Crippen molar-refractivity contribution < 1.29 is 28.9 Å². The van der Waals surface area contributed by atoms with E-state index >= 15 is 0 Å². The van der Waals surface area contributed by atoms with E-state index in [2.05, 4.69) is 4.90 Å². The van der Waals surface area contributed by atoms with E-state index in [4.69, 9.17) is 14.2 Å². The van der Waals surface area contributed by atoms with E-state index in [-0.39, 0.29) is 11.3 Å². The van der Waals surface area contributed by atoms with Crippen molar-refractivity contribution in [3.05, 3.63) is 65.2 Å². The van der Waals surface area contributed by atoms with Gasteiger partial charge in [0.05, 0.1) is 38.5 Å². The monoisotopic (exact) mass is 480 g/mol. The van der Waals surface area contributed by atoms with Gasteiger partial charge in [-0.2, -0.15) is 0 Å². The van der Waals surface area contributed by atoms with Crippen LogP contribution in [0.15, 0.2) is 54.1 Å². The Balaban J connectivity index is 1.67. The highest BCUT2D eigenvalue weighted by molar-refractivity contribution is 6.46. The molecule has 1 atom stereocenters. The van der Waals surface area contributed by atoms with Crippen molar-refractivity contribution in [2.75, 3.05) is 53.1 Å². The zero-order chi connectivity index (χ0) is 24.8. The summed E-state index contributed by atoms with van der Waals surface area (Å²) in [5.74, 6) is -0.211. The van der Waals surface area contributed by atoms with Crippen LogP contribution in [0, 0.1) is 0 Å². The standard InChI is InChI=1S/C27H32N2O6/c1-3-35-21-10-8-19(9-11-21)25(30)23-24(20-6-4-7-22(18-20)33-2)29(27(32)26(23)31)13-5-12-28-14-16-34-17-15-28/h4,6-11,18,24,30H,3,5,12-17H2,1-2H3. The Labute approximate surface area is 205 Å². The van der Waals surface area contributed by atoms with E-state index in [9.17, 15) is 14.7 Å². The van der Waals surface area contributed by atoms with Crippen LogP contribution in [-0.4, -0.2) is 79.7 Å². The lowest BCUT2D eigenvalue weighted by atomic mass is 9.95. The number of carbonyl (C=O) groups is 2. The fourth-order valence-electron chi connectivity index (χ4n) is 4.59. The largest absolute Gasteiger partial charge is 0.507 e. The van der Waals surface area contributed by atoms with E-state index in [1.165, 1.54) is 0 Å². The van der Waals surface area contributed by atoms with Gasteiger partial charge >= 0.3 is 0 Å². The number of methoxy groups -OCH3 is 1. The zero-order valence-corrected chi connectivity index (χ0v) is 20.2. The third-order valence-corrected chi connectivity index (χ3v) is 6.37. The number of ketones is 1. The number of rotatable bonds is 9. The van der Waals surface area contributed by atoms with Crippen molar-refractivity contribution >= 4 is 17.4 Å². The smallest absolute Gasteiger partial charge is 0.295 e. The van der Waals surface area contributed by atoms with E-state index < -0.39 is 17.7 Å². The molecule has 1 N–H and O–H groups in total. The molecule has 2 heterocycles. The van der Waals surface area contributed by atoms with Gasteiger partial charge in [-0.15, -0.1) is 0 Å². The number of nitrogens with zero attached hydrogens (tertiary/aromatic N) is 2. The first-order valence-electron chi connectivity index (χ1n) is 12.0. The molecule has 8 heteroatoms. The molecule has 8 nitrogen and oxygen atoms in total. The SMILES string of the molecule is CCOc1ccc(C(O)=C2C(=O)C(=O)N(CCCN3CCOCC3)C2c2cccc(OC)c2)cc1. The summed E-state index contributed by atoms with van der Waals surface area (Å²) in [4.78, 5) is 30.2. The second-order valence-corrected chi connectivity index (χ2v) is 8.53. The minimum atomic E-state index is -0.707. The number of aliphatic hydroxyl groups is 1. The summed E-state index contributed by atoms with van der Waals surface area (Å²) in [5, 5.41) is 11.2. The second-order valence-electron chi connectivity index (χ2n) is 8.53. The molecule has 1 amide bonds. The molecule has 0 aliphatic carbocycles. The number of likely N-dealkylation sites (tertiary alicyclic amines) is 1. The minimum absolute atomic E-state index is 0.0822. The molecular weight excluding hydrogens is 448 g/mol. The van der Waals surface area contributed by atoms with E-state index in [0.29, 0.717) is 55.4 Å². The second kappa shape index (κ2) is 11.4. The van der Waals surface area contributed by atoms with Crippen molar-refractivity contribution in [3.8, 4) is 11.5 Å². The van der Waals surface area contributed by atoms with Gasteiger partial charge in [-0.3, -0.25) is 14.5 Å². The van der Waals surface area contributed by atoms with Crippen LogP contribution in [-0.2, 0) is 14.3 Å². The van der Waals surface area contributed by atoms with Crippen LogP contribution in [0.2, 0.25) is 0 Å². The van der Waals surface area contributed by atoms with Crippen molar-refractivity contribution in [2.24, 2.45) is 0 Å². The summed E-state index contributed by atoms with van der Waals surface area (Å²) >= 11 is 0. The number of aliphatic hydroxyl groups excluding tert-OH is 1. The van der Waals surface area contributed by atoms with Gasteiger partial charge in [0.15, 0.2) is 0 Å². The van der Waals surface area contributed by atoms with Gasteiger partial charge in [-0.1, -0.05) is 12.1 Å². The molecule has 1 unspecified atom stereocenters. The first-order valence-corrected chi connectivity index (χ1v) is 12.0. The molecule has 0 saturated carbocycles. The predicted molar refractivity (Wildman–Crippen MR) is 131 cm³/mol. The molecule has 2 aromatic rings. The average Bonchev–Trinajstić information content (AvgIpc) is 3.14. The maximum atomic E-state index is 13.2. The van der Waals surface area contributed by atoms with Crippen LogP contribution in [0.3, 0.4) is 0 Å². The Hall–Kier alpha value is -3.36. The number of amides is 1. The maximum Gasteiger partial charge on any atom is 0.295 e. The molecular formula is C27H32N2O6. The Morgan fingerprint density at radius 1 is 1.06 bits per heavy atom. The minimum Gasteiger partial charge on any atom is -0.507 e. The predicted octanol–water partition coefficient (Wildman–Crippen LogP) is 3.24. The molecule has 0 bridgehead atoms. The van der Waals surface area contributed by atoms with Gasteiger partial charge in [0, 0.05) is 31.7 Å². The lowest BCUT2D eigenvalue weighted by Crippen LogP contribution is -2.38. The molecule has 2 aromatic carbocycles. The highest BCUT2D eigenvalue weighted by Crippen LogP contribution is 2.40. The molecule has 0 radical (unpaired) electrons.